The Morgan fingerprint density at radius 1 is 1.25 bits per heavy atom. The van der Waals surface area contributed by atoms with Crippen molar-refractivity contribution in [2.45, 2.75) is 37.6 Å². The number of para-hydroxylation sites is 1. The van der Waals surface area contributed by atoms with Gasteiger partial charge >= 0.3 is 0 Å². The normalized spacial score (nSPS) is 24.3. The molecule has 1 aliphatic heterocycles. The molecule has 0 saturated heterocycles. The van der Waals surface area contributed by atoms with Crippen LogP contribution in [0.15, 0.2) is 24.3 Å². The van der Waals surface area contributed by atoms with Gasteiger partial charge in [0.2, 0.25) is 0 Å². The largest absolute Gasteiger partial charge is 0.396 e. The quantitative estimate of drug-likeness (QED) is 0.841. The molecule has 1 aromatic carbocycles. The molecular formula is C14H19NO. The predicted octanol–water partition coefficient (Wildman–Crippen LogP) is 2.53. The van der Waals surface area contributed by atoms with Gasteiger partial charge in [-0.05, 0) is 37.3 Å². The minimum absolute atomic E-state index is 0.303. The van der Waals surface area contributed by atoms with Crippen molar-refractivity contribution in [1.82, 2.24) is 0 Å². The summed E-state index contributed by atoms with van der Waals surface area (Å²) in [5, 5.41) is 9.13. The van der Waals surface area contributed by atoms with Crippen LogP contribution in [0.3, 0.4) is 0 Å². The van der Waals surface area contributed by atoms with Crippen molar-refractivity contribution in [2.24, 2.45) is 0 Å². The van der Waals surface area contributed by atoms with E-state index >= 15 is 0 Å². The highest BCUT2D eigenvalue weighted by molar-refractivity contribution is 5.61. The van der Waals surface area contributed by atoms with Gasteiger partial charge in [-0.15, -0.1) is 0 Å². The standard InChI is InChI=1S/C14H19NO/c16-9-8-11-10-15(12-4-3-5-12)14-7-2-1-6-13(11)14/h1-2,6-7,11-12,16H,3-5,8-10H2. The maximum atomic E-state index is 9.13. The van der Waals surface area contributed by atoms with Gasteiger partial charge in [0.25, 0.3) is 0 Å². The Kier molecular flexibility index (Phi) is 2.60. The second-order valence-electron chi connectivity index (χ2n) is 5.01. The van der Waals surface area contributed by atoms with Gasteiger partial charge in [0, 0.05) is 30.8 Å². The Morgan fingerprint density at radius 2 is 2.06 bits per heavy atom. The van der Waals surface area contributed by atoms with Crippen LogP contribution in [-0.2, 0) is 0 Å². The highest BCUT2D eigenvalue weighted by atomic mass is 16.3. The van der Waals surface area contributed by atoms with E-state index in [0.717, 1.165) is 19.0 Å². The number of rotatable bonds is 3. The molecule has 0 radical (unpaired) electrons. The zero-order valence-electron chi connectivity index (χ0n) is 9.60. The first-order valence-electron chi connectivity index (χ1n) is 6.36. The lowest BCUT2D eigenvalue weighted by Crippen LogP contribution is -2.39. The highest BCUT2D eigenvalue weighted by Gasteiger charge is 2.34. The SMILES string of the molecule is OCCC1CN(C2CCC2)c2ccccc21. The molecule has 2 aliphatic rings. The van der Waals surface area contributed by atoms with Crippen LogP contribution in [0.4, 0.5) is 5.69 Å². The van der Waals surface area contributed by atoms with Crippen LogP contribution in [0.5, 0.6) is 0 Å². The van der Waals surface area contributed by atoms with E-state index in [4.69, 9.17) is 5.11 Å². The van der Waals surface area contributed by atoms with E-state index in [9.17, 15) is 0 Å². The third-order valence-electron chi connectivity index (χ3n) is 4.10. The Bertz CT molecular complexity index is 373. The number of aliphatic hydroxyl groups excluding tert-OH is 1. The average Bonchev–Trinajstić information content (AvgIpc) is 2.57. The lowest BCUT2D eigenvalue weighted by Gasteiger charge is -2.37. The summed E-state index contributed by atoms with van der Waals surface area (Å²) in [7, 11) is 0. The molecule has 2 nitrogen and oxygen atoms in total. The van der Waals surface area contributed by atoms with E-state index in [1.54, 1.807) is 0 Å². The molecule has 1 fully saturated rings. The van der Waals surface area contributed by atoms with Gasteiger partial charge in [0.05, 0.1) is 0 Å². The summed E-state index contributed by atoms with van der Waals surface area (Å²) in [6, 6.07) is 9.49. The molecular weight excluding hydrogens is 198 g/mol. The topological polar surface area (TPSA) is 23.5 Å². The van der Waals surface area contributed by atoms with Crippen LogP contribution in [0.25, 0.3) is 0 Å². The fraction of sp³-hybridized carbons (Fsp3) is 0.571. The molecule has 3 rings (SSSR count). The van der Waals surface area contributed by atoms with E-state index < -0.39 is 0 Å². The summed E-state index contributed by atoms with van der Waals surface area (Å²) in [4.78, 5) is 2.57. The molecule has 0 amide bonds. The molecule has 1 unspecified atom stereocenters. The average molecular weight is 217 g/mol. The zero-order valence-corrected chi connectivity index (χ0v) is 9.60. The smallest absolute Gasteiger partial charge is 0.0437 e. The minimum atomic E-state index is 0.303. The molecule has 0 aromatic heterocycles. The number of hydrogen-bond acceptors (Lipinski definition) is 2. The maximum Gasteiger partial charge on any atom is 0.0437 e. The van der Waals surface area contributed by atoms with Gasteiger partial charge in [0.1, 0.15) is 0 Å². The molecule has 1 N–H and O–H groups in total. The number of hydrogen-bond donors (Lipinski definition) is 1. The molecule has 1 heterocycles. The van der Waals surface area contributed by atoms with Crippen molar-refractivity contribution in [3.05, 3.63) is 29.8 Å². The molecule has 1 atom stereocenters. The number of nitrogens with zero attached hydrogens (tertiary/aromatic N) is 1. The van der Waals surface area contributed by atoms with Gasteiger partial charge in [-0.3, -0.25) is 0 Å². The van der Waals surface area contributed by atoms with E-state index in [1.165, 1.54) is 30.5 Å². The van der Waals surface area contributed by atoms with Crippen molar-refractivity contribution < 1.29 is 5.11 Å². The van der Waals surface area contributed by atoms with Crippen molar-refractivity contribution >= 4 is 5.69 Å². The van der Waals surface area contributed by atoms with Crippen molar-refractivity contribution in [1.29, 1.82) is 0 Å². The third kappa shape index (κ3) is 1.52. The second-order valence-corrected chi connectivity index (χ2v) is 5.01. The molecule has 2 heteroatoms. The number of benzene rings is 1. The van der Waals surface area contributed by atoms with Gasteiger partial charge in [-0.2, -0.15) is 0 Å². The van der Waals surface area contributed by atoms with Gasteiger partial charge in [-0.25, -0.2) is 0 Å². The zero-order chi connectivity index (χ0) is 11.0. The first kappa shape index (κ1) is 10.2. The monoisotopic (exact) mass is 217 g/mol. The van der Waals surface area contributed by atoms with Crippen LogP contribution in [0.1, 0.15) is 37.2 Å². The summed E-state index contributed by atoms with van der Waals surface area (Å²) in [5.74, 6) is 0.543. The van der Waals surface area contributed by atoms with Crippen molar-refractivity contribution in [2.75, 3.05) is 18.1 Å². The van der Waals surface area contributed by atoms with Crippen molar-refractivity contribution in [3.8, 4) is 0 Å². The van der Waals surface area contributed by atoms with Gasteiger partial charge < -0.3 is 10.0 Å². The van der Waals surface area contributed by atoms with Crippen LogP contribution in [-0.4, -0.2) is 24.3 Å². The molecule has 0 bridgehead atoms. The Morgan fingerprint density at radius 3 is 2.75 bits per heavy atom. The summed E-state index contributed by atoms with van der Waals surface area (Å²) in [5.41, 5.74) is 2.87. The lowest BCUT2D eigenvalue weighted by atomic mass is 9.91. The Hall–Kier alpha value is -1.02. The third-order valence-corrected chi connectivity index (χ3v) is 4.10. The Labute approximate surface area is 96.9 Å². The van der Waals surface area contributed by atoms with E-state index in [0.29, 0.717) is 12.5 Å². The van der Waals surface area contributed by atoms with Gasteiger partial charge in [-0.1, -0.05) is 18.2 Å². The number of fused-ring (bicyclic) bond motifs is 1. The Balaban J connectivity index is 1.88. The van der Waals surface area contributed by atoms with E-state index in [1.807, 2.05) is 0 Å². The summed E-state index contributed by atoms with van der Waals surface area (Å²) in [6.07, 6.45) is 4.98. The predicted molar refractivity (Wildman–Crippen MR) is 65.9 cm³/mol. The molecule has 86 valence electrons. The van der Waals surface area contributed by atoms with Crippen LogP contribution in [0.2, 0.25) is 0 Å². The summed E-state index contributed by atoms with van der Waals surface area (Å²) in [6.45, 7) is 1.42. The first-order valence-corrected chi connectivity index (χ1v) is 6.36. The van der Waals surface area contributed by atoms with Gasteiger partial charge in [0.15, 0.2) is 0 Å². The summed E-state index contributed by atoms with van der Waals surface area (Å²) < 4.78 is 0. The molecule has 1 aromatic rings. The van der Waals surface area contributed by atoms with Crippen molar-refractivity contribution in [3.63, 3.8) is 0 Å². The van der Waals surface area contributed by atoms with Crippen LogP contribution in [0, 0.1) is 0 Å². The van der Waals surface area contributed by atoms with Crippen LogP contribution >= 0.6 is 0 Å². The number of aliphatic hydroxyl groups is 1. The molecule has 16 heavy (non-hydrogen) atoms. The first-order chi connectivity index (χ1) is 7.90. The maximum absolute atomic E-state index is 9.13. The minimum Gasteiger partial charge on any atom is -0.396 e. The van der Waals surface area contributed by atoms with Crippen LogP contribution < -0.4 is 4.90 Å². The molecule has 0 spiro atoms. The van der Waals surface area contributed by atoms with E-state index in [2.05, 4.69) is 29.2 Å². The fourth-order valence-corrected chi connectivity index (χ4v) is 2.98. The highest BCUT2D eigenvalue weighted by Crippen LogP contribution is 2.42. The molecule has 1 saturated carbocycles. The lowest BCUT2D eigenvalue weighted by molar-refractivity contribution is 0.275. The number of anilines is 1. The summed E-state index contributed by atoms with van der Waals surface area (Å²) >= 11 is 0. The fourth-order valence-electron chi connectivity index (χ4n) is 2.98. The molecule has 1 aliphatic carbocycles. The second kappa shape index (κ2) is 4.10. The van der Waals surface area contributed by atoms with E-state index in [-0.39, 0.29) is 0 Å².